The molecule has 2 N–H and O–H groups in total. The van der Waals surface area contributed by atoms with Crippen molar-refractivity contribution in [2.75, 3.05) is 51.7 Å². The summed E-state index contributed by atoms with van der Waals surface area (Å²) in [6.07, 6.45) is 4.71. The Kier molecular flexibility index (Phi) is 10.1. The Morgan fingerprint density at radius 1 is 1.09 bits per heavy atom. The second kappa shape index (κ2) is 14.8. The molecule has 55 heavy (non-hydrogen) atoms. The first-order valence-corrected chi connectivity index (χ1v) is 19.3. The topological polar surface area (TPSA) is 125 Å². The monoisotopic (exact) mass is 788 g/mol. The molecule has 3 saturated heterocycles. The fourth-order valence-electron chi connectivity index (χ4n) is 8.77. The van der Waals surface area contributed by atoms with Crippen LogP contribution < -0.4 is 15.4 Å². The number of carbonyl (C=O) groups excluding carboxylic acids is 3. The molecule has 3 amide bonds. The second-order valence-electron chi connectivity index (χ2n) is 15.2. The van der Waals surface area contributed by atoms with Crippen LogP contribution in [0.4, 0.5) is 10.1 Å². The minimum Gasteiger partial charge on any atom is -0.496 e. The van der Waals surface area contributed by atoms with Gasteiger partial charge in [0.1, 0.15) is 11.6 Å². The Labute approximate surface area is 328 Å². The summed E-state index contributed by atoms with van der Waals surface area (Å²) in [6, 6.07) is 10.5. The number of ether oxygens (including phenoxy) is 1. The normalized spacial score (nSPS) is 18.6. The third-order valence-corrected chi connectivity index (χ3v) is 12.5. The molecule has 4 aliphatic heterocycles. The van der Waals surface area contributed by atoms with Crippen LogP contribution >= 0.6 is 23.2 Å². The van der Waals surface area contributed by atoms with Crippen LogP contribution in [0.5, 0.6) is 5.75 Å². The zero-order chi connectivity index (χ0) is 38.6. The lowest BCUT2D eigenvalue weighted by atomic mass is 9.79. The molecule has 2 aromatic carbocycles. The predicted molar refractivity (Wildman–Crippen MR) is 208 cm³/mol. The van der Waals surface area contributed by atoms with Crippen molar-refractivity contribution < 1.29 is 23.5 Å². The van der Waals surface area contributed by atoms with Crippen LogP contribution in [-0.4, -0.2) is 99.4 Å². The first-order chi connectivity index (χ1) is 26.4. The van der Waals surface area contributed by atoms with E-state index in [0.717, 1.165) is 50.3 Å². The maximum atomic E-state index is 15.8. The van der Waals surface area contributed by atoms with Gasteiger partial charge in [-0.25, -0.2) is 9.37 Å². The van der Waals surface area contributed by atoms with Gasteiger partial charge in [-0.05, 0) is 37.1 Å². The van der Waals surface area contributed by atoms with E-state index >= 15 is 4.39 Å². The number of nitrogens with one attached hydrogen (secondary N) is 2. The SMILES string of the molecule is COc1cc(-c2nccc(-c3cccc(NC(=O)c4nc5c(n4C)CCN(C4CCN(C(C)=O)CC4)C5)c3Cl)c2Cl)cc(F)c1CN1CC2(CNC(=O)C2)C1. The van der Waals surface area contributed by atoms with Crippen molar-refractivity contribution in [1.29, 1.82) is 0 Å². The maximum absolute atomic E-state index is 15.8. The van der Waals surface area contributed by atoms with E-state index in [1.807, 2.05) is 16.5 Å². The van der Waals surface area contributed by atoms with Crippen LogP contribution in [-0.2, 0) is 36.1 Å². The molecule has 0 radical (unpaired) electrons. The average Bonchev–Trinajstić information content (AvgIpc) is 3.72. The van der Waals surface area contributed by atoms with E-state index in [4.69, 9.17) is 32.9 Å². The number of anilines is 1. The van der Waals surface area contributed by atoms with E-state index in [0.29, 0.717) is 90.4 Å². The molecule has 2 aromatic heterocycles. The molecular weight excluding hydrogens is 746 g/mol. The highest BCUT2D eigenvalue weighted by atomic mass is 35.5. The van der Waals surface area contributed by atoms with Gasteiger partial charge in [0, 0.05) is 125 Å². The summed E-state index contributed by atoms with van der Waals surface area (Å²) in [5.41, 5.74) is 4.58. The third-order valence-electron chi connectivity index (χ3n) is 11.7. The van der Waals surface area contributed by atoms with E-state index in [9.17, 15) is 14.4 Å². The molecule has 0 saturated carbocycles. The number of nitrogens with zero attached hydrogens (tertiary/aromatic N) is 6. The van der Waals surface area contributed by atoms with Crippen molar-refractivity contribution in [2.45, 2.75) is 51.7 Å². The van der Waals surface area contributed by atoms with Crippen LogP contribution in [0.3, 0.4) is 0 Å². The van der Waals surface area contributed by atoms with Gasteiger partial charge in [0.25, 0.3) is 5.91 Å². The van der Waals surface area contributed by atoms with Gasteiger partial charge in [-0.3, -0.25) is 29.2 Å². The molecule has 288 valence electrons. The Balaban J connectivity index is 0.985. The van der Waals surface area contributed by atoms with Gasteiger partial charge < -0.3 is 24.8 Å². The minimum absolute atomic E-state index is 0.0625. The molecule has 15 heteroatoms. The van der Waals surface area contributed by atoms with Gasteiger partial charge in [-0.2, -0.15) is 0 Å². The second-order valence-corrected chi connectivity index (χ2v) is 16.0. The standard InChI is InChI=1S/C40H43Cl2FN8O4/c1-23(52)50-12-8-25(9-13-50)51-14-10-32-31(19-51)46-38(48(32)2)39(54)47-30-6-4-5-26(35(30)41)27-7-11-44-37(36(27)42)24-15-29(43)28(33(16-24)55-3)18-49-21-40(22-49)17-34(53)45-20-40/h4-7,11,15-16,25H,8-10,12-14,17-22H2,1-3H3,(H,45,53)(H,47,54). The van der Waals surface area contributed by atoms with Crippen molar-refractivity contribution in [2.24, 2.45) is 12.5 Å². The number of carbonyl (C=O) groups is 3. The largest absolute Gasteiger partial charge is 0.496 e. The molecule has 0 atom stereocenters. The smallest absolute Gasteiger partial charge is 0.291 e. The number of halogens is 3. The zero-order valence-electron chi connectivity index (χ0n) is 31.1. The number of methoxy groups -OCH3 is 1. The average molecular weight is 790 g/mol. The molecule has 0 bridgehead atoms. The van der Waals surface area contributed by atoms with E-state index < -0.39 is 5.82 Å². The Hall–Kier alpha value is -4.56. The lowest BCUT2D eigenvalue weighted by Gasteiger charge is -2.47. The highest BCUT2D eigenvalue weighted by Crippen LogP contribution is 2.43. The molecule has 4 aliphatic rings. The zero-order valence-corrected chi connectivity index (χ0v) is 32.6. The highest BCUT2D eigenvalue weighted by molar-refractivity contribution is 6.39. The number of aromatic nitrogens is 3. The lowest BCUT2D eigenvalue weighted by Crippen LogP contribution is -2.56. The Bertz CT molecular complexity index is 2200. The molecule has 6 heterocycles. The number of likely N-dealkylation sites (tertiary alicyclic amines) is 2. The molecule has 0 unspecified atom stereocenters. The number of hydrogen-bond donors (Lipinski definition) is 2. The number of hydrogen-bond acceptors (Lipinski definition) is 8. The summed E-state index contributed by atoms with van der Waals surface area (Å²) in [5, 5.41) is 6.40. The molecular formula is C40H43Cl2FN8O4. The van der Waals surface area contributed by atoms with Crippen molar-refractivity contribution in [3.8, 4) is 28.1 Å². The molecule has 1 spiro atoms. The van der Waals surface area contributed by atoms with Crippen LogP contribution in [0.15, 0.2) is 42.6 Å². The first kappa shape index (κ1) is 37.4. The van der Waals surface area contributed by atoms with E-state index in [1.54, 1.807) is 43.5 Å². The van der Waals surface area contributed by atoms with Crippen molar-refractivity contribution in [3.05, 3.63) is 81.2 Å². The van der Waals surface area contributed by atoms with Gasteiger partial charge in [0.2, 0.25) is 11.8 Å². The number of benzene rings is 2. The van der Waals surface area contributed by atoms with Crippen molar-refractivity contribution in [3.63, 3.8) is 0 Å². The van der Waals surface area contributed by atoms with Gasteiger partial charge >= 0.3 is 0 Å². The number of imidazole rings is 1. The van der Waals surface area contributed by atoms with Crippen LogP contribution in [0.25, 0.3) is 22.4 Å². The van der Waals surface area contributed by atoms with Gasteiger partial charge in [-0.15, -0.1) is 0 Å². The van der Waals surface area contributed by atoms with Gasteiger partial charge in [-0.1, -0.05) is 35.3 Å². The summed E-state index contributed by atoms with van der Waals surface area (Å²) in [6.45, 7) is 7.07. The van der Waals surface area contributed by atoms with E-state index in [-0.39, 0.29) is 33.2 Å². The van der Waals surface area contributed by atoms with E-state index in [1.165, 1.54) is 13.2 Å². The molecule has 12 nitrogen and oxygen atoms in total. The summed E-state index contributed by atoms with van der Waals surface area (Å²) in [5.74, 6) is 0.0217. The molecule has 3 fully saturated rings. The summed E-state index contributed by atoms with van der Waals surface area (Å²) in [4.78, 5) is 53.0. The fourth-order valence-corrected chi connectivity index (χ4v) is 9.37. The Morgan fingerprint density at radius 3 is 2.56 bits per heavy atom. The number of pyridine rings is 1. The van der Waals surface area contributed by atoms with Crippen LogP contribution in [0, 0.1) is 11.2 Å². The third kappa shape index (κ3) is 7.07. The quantitative estimate of drug-likeness (QED) is 0.239. The summed E-state index contributed by atoms with van der Waals surface area (Å²) >= 11 is 14.0. The first-order valence-electron chi connectivity index (χ1n) is 18.6. The van der Waals surface area contributed by atoms with E-state index in [2.05, 4.69) is 25.4 Å². The van der Waals surface area contributed by atoms with Crippen molar-refractivity contribution >= 4 is 46.6 Å². The Morgan fingerprint density at radius 2 is 1.85 bits per heavy atom. The summed E-state index contributed by atoms with van der Waals surface area (Å²) < 4.78 is 23.3. The van der Waals surface area contributed by atoms with Crippen molar-refractivity contribution in [1.82, 2.24) is 34.6 Å². The molecule has 4 aromatic rings. The fraction of sp³-hybridized carbons (Fsp3) is 0.425. The maximum Gasteiger partial charge on any atom is 0.291 e. The highest BCUT2D eigenvalue weighted by Gasteiger charge is 2.48. The molecule has 0 aliphatic carbocycles. The summed E-state index contributed by atoms with van der Waals surface area (Å²) in [7, 11) is 3.36. The minimum atomic E-state index is -0.444. The number of fused-ring (bicyclic) bond motifs is 1. The lowest BCUT2D eigenvalue weighted by molar-refractivity contribution is -0.130. The molecule has 8 rings (SSSR count). The van der Waals surface area contributed by atoms with Gasteiger partial charge in [0.15, 0.2) is 5.82 Å². The number of amides is 3. The number of rotatable bonds is 8. The van der Waals surface area contributed by atoms with Crippen LogP contribution in [0.2, 0.25) is 10.0 Å². The van der Waals surface area contributed by atoms with Gasteiger partial charge in [0.05, 0.1) is 34.2 Å². The predicted octanol–water partition coefficient (Wildman–Crippen LogP) is 5.55. The van der Waals surface area contributed by atoms with Crippen LogP contribution in [0.1, 0.15) is 53.8 Å². The number of piperidine rings is 1.